The van der Waals surface area contributed by atoms with Crippen molar-refractivity contribution in [2.75, 3.05) is 33.7 Å². The molecule has 30 heavy (non-hydrogen) atoms. The number of hydrogen-bond acceptors (Lipinski definition) is 4. The Morgan fingerprint density at radius 1 is 1.20 bits per heavy atom. The maximum absolute atomic E-state index is 13.4. The summed E-state index contributed by atoms with van der Waals surface area (Å²) in [6.07, 6.45) is 5.61. The van der Waals surface area contributed by atoms with Gasteiger partial charge >= 0.3 is 0 Å². The zero-order valence-corrected chi connectivity index (χ0v) is 17.8. The van der Waals surface area contributed by atoms with Crippen LogP contribution >= 0.6 is 0 Å². The molecule has 0 aliphatic carbocycles. The number of hydrogen-bond donors (Lipinski definition) is 0. The molecular weight excluding hydrogens is 376 g/mol. The average Bonchev–Trinajstić information content (AvgIpc) is 2.75. The second-order valence-corrected chi connectivity index (χ2v) is 9.47. The van der Waals surface area contributed by atoms with Crippen LogP contribution in [-0.4, -0.2) is 77.3 Å². The van der Waals surface area contributed by atoms with Gasteiger partial charge in [0.1, 0.15) is 0 Å². The van der Waals surface area contributed by atoms with E-state index in [2.05, 4.69) is 33.8 Å². The average molecular weight is 407 g/mol. The third-order valence-electron chi connectivity index (χ3n) is 7.19. The van der Waals surface area contributed by atoms with Crippen LogP contribution in [0.4, 0.5) is 0 Å². The highest BCUT2D eigenvalue weighted by atomic mass is 16.2. The van der Waals surface area contributed by atoms with Gasteiger partial charge in [-0.2, -0.15) is 0 Å². The number of rotatable bonds is 3. The van der Waals surface area contributed by atoms with Gasteiger partial charge in [-0.1, -0.05) is 6.07 Å². The molecule has 3 saturated heterocycles. The van der Waals surface area contributed by atoms with E-state index in [-0.39, 0.29) is 18.0 Å². The number of benzene rings is 1. The lowest BCUT2D eigenvalue weighted by Gasteiger charge is -2.57. The van der Waals surface area contributed by atoms with Crippen LogP contribution in [-0.2, 0) is 4.79 Å². The summed E-state index contributed by atoms with van der Waals surface area (Å²) in [4.78, 5) is 37.1. The van der Waals surface area contributed by atoms with Crippen molar-refractivity contribution < 1.29 is 9.59 Å². The summed E-state index contributed by atoms with van der Waals surface area (Å²) in [6, 6.07) is 10.2. The number of carbonyl (C=O) groups excluding carboxylic acids is 2. The number of likely N-dealkylation sites (tertiary alicyclic amines) is 1. The van der Waals surface area contributed by atoms with Crippen LogP contribution in [0.1, 0.15) is 36.0 Å². The zero-order chi connectivity index (χ0) is 20.8. The van der Waals surface area contributed by atoms with E-state index in [0.29, 0.717) is 24.2 Å². The summed E-state index contributed by atoms with van der Waals surface area (Å²) in [5.74, 6) is 1.15. The van der Waals surface area contributed by atoms with Crippen molar-refractivity contribution in [1.29, 1.82) is 0 Å². The molecule has 1 aromatic carbocycles. The highest BCUT2D eigenvalue weighted by Gasteiger charge is 2.50. The van der Waals surface area contributed by atoms with Gasteiger partial charge < -0.3 is 14.7 Å². The number of amides is 2. The maximum atomic E-state index is 13.4. The molecule has 3 fully saturated rings. The molecule has 1 aromatic heterocycles. The molecule has 0 radical (unpaired) electrons. The molecule has 3 aliphatic heterocycles. The molecule has 0 unspecified atom stereocenters. The van der Waals surface area contributed by atoms with Gasteiger partial charge in [-0.15, -0.1) is 0 Å². The fourth-order valence-corrected chi connectivity index (χ4v) is 5.94. The third-order valence-corrected chi connectivity index (χ3v) is 7.19. The third kappa shape index (κ3) is 3.37. The molecule has 6 heteroatoms. The van der Waals surface area contributed by atoms with E-state index in [4.69, 9.17) is 0 Å². The second-order valence-electron chi connectivity index (χ2n) is 9.47. The standard InChI is InChI=1S/C24H30N4O2/c1-26(2)15-22-19-12-18(21-6-3-7-23(29)28(21)22)13-27(14-19)24(30)17-8-9-20-16(11-17)5-4-10-25-20/h4-5,8-11,18-19,21-22H,3,6-7,12-15H2,1-2H3/t18-,19+,21+,22+/m1/s1. The Hall–Kier alpha value is -2.47. The molecule has 2 amide bonds. The number of aromatic nitrogens is 1. The Balaban J connectivity index is 1.43. The van der Waals surface area contributed by atoms with Gasteiger partial charge in [0.05, 0.1) is 5.52 Å². The zero-order valence-electron chi connectivity index (χ0n) is 17.8. The Bertz CT molecular complexity index is 975. The Morgan fingerprint density at radius 2 is 2.03 bits per heavy atom. The van der Waals surface area contributed by atoms with Crippen molar-refractivity contribution in [1.82, 2.24) is 19.7 Å². The van der Waals surface area contributed by atoms with Crippen LogP contribution in [0.5, 0.6) is 0 Å². The molecule has 3 aliphatic rings. The van der Waals surface area contributed by atoms with E-state index >= 15 is 0 Å². The summed E-state index contributed by atoms with van der Waals surface area (Å²) in [6.45, 7) is 2.35. The predicted molar refractivity (Wildman–Crippen MR) is 116 cm³/mol. The quantitative estimate of drug-likeness (QED) is 0.786. The van der Waals surface area contributed by atoms with Crippen molar-refractivity contribution in [2.24, 2.45) is 11.8 Å². The molecule has 4 heterocycles. The number of nitrogens with zero attached hydrogens (tertiary/aromatic N) is 4. The number of pyridine rings is 1. The number of fused-ring (bicyclic) bond motifs is 5. The molecule has 0 N–H and O–H groups in total. The van der Waals surface area contributed by atoms with Gasteiger partial charge in [0.25, 0.3) is 5.91 Å². The lowest BCUT2D eigenvalue weighted by Crippen LogP contribution is -2.67. The van der Waals surface area contributed by atoms with Crippen LogP contribution < -0.4 is 0 Å². The van der Waals surface area contributed by atoms with E-state index in [0.717, 1.165) is 55.4 Å². The molecular formula is C24H30N4O2. The lowest BCUT2D eigenvalue weighted by molar-refractivity contribution is -0.152. The number of carbonyl (C=O) groups is 2. The number of likely N-dealkylation sites (N-methyl/N-ethyl adjacent to an activating group) is 1. The monoisotopic (exact) mass is 406 g/mol. The van der Waals surface area contributed by atoms with Gasteiger partial charge in [-0.25, -0.2) is 0 Å². The fourth-order valence-electron chi connectivity index (χ4n) is 5.94. The highest BCUT2D eigenvalue weighted by molar-refractivity contribution is 5.98. The van der Waals surface area contributed by atoms with Crippen LogP contribution in [0, 0.1) is 11.8 Å². The number of piperidine rings is 3. The summed E-state index contributed by atoms with van der Waals surface area (Å²) < 4.78 is 0. The minimum Gasteiger partial charge on any atom is -0.338 e. The maximum Gasteiger partial charge on any atom is 0.253 e. The molecule has 0 spiro atoms. The van der Waals surface area contributed by atoms with Gasteiger partial charge in [0.2, 0.25) is 5.91 Å². The van der Waals surface area contributed by atoms with E-state index in [9.17, 15) is 9.59 Å². The molecule has 5 rings (SSSR count). The highest BCUT2D eigenvalue weighted by Crippen LogP contribution is 2.42. The van der Waals surface area contributed by atoms with Crippen molar-refractivity contribution >= 4 is 22.7 Å². The van der Waals surface area contributed by atoms with Crippen molar-refractivity contribution in [3.8, 4) is 0 Å². The summed E-state index contributed by atoms with van der Waals surface area (Å²) in [5.41, 5.74) is 1.64. The van der Waals surface area contributed by atoms with E-state index < -0.39 is 0 Å². The van der Waals surface area contributed by atoms with Crippen molar-refractivity contribution in [2.45, 2.75) is 37.8 Å². The minimum atomic E-state index is 0.106. The van der Waals surface area contributed by atoms with Crippen molar-refractivity contribution in [3.05, 3.63) is 42.1 Å². The first-order valence-corrected chi connectivity index (χ1v) is 11.1. The Labute approximate surface area is 177 Å². The van der Waals surface area contributed by atoms with Gasteiger partial charge in [-0.3, -0.25) is 14.6 Å². The first-order valence-electron chi connectivity index (χ1n) is 11.1. The van der Waals surface area contributed by atoms with Gasteiger partial charge in [-0.05, 0) is 69.5 Å². The topological polar surface area (TPSA) is 56.8 Å². The smallest absolute Gasteiger partial charge is 0.253 e. The summed E-state index contributed by atoms with van der Waals surface area (Å²) in [5, 5.41) is 0.995. The van der Waals surface area contributed by atoms with E-state index in [1.807, 2.05) is 30.3 Å². The molecule has 2 bridgehead atoms. The lowest BCUT2D eigenvalue weighted by atomic mass is 9.72. The molecule has 158 valence electrons. The molecule has 4 atom stereocenters. The van der Waals surface area contributed by atoms with Crippen LogP contribution in [0.25, 0.3) is 10.9 Å². The van der Waals surface area contributed by atoms with Gasteiger partial charge in [0, 0.05) is 55.3 Å². The largest absolute Gasteiger partial charge is 0.338 e. The Kier molecular flexibility index (Phi) is 4.97. The Morgan fingerprint density at radius 3 is 2.87 bits per heavy atom. The predicted octanol–water partition coefficient (Wildman–Crippen LogP) is 2.64. The molecule has 2 aromatic rings. The second kappa shape index (κ2) is 7.65. The normalized spacial score (nSPS) is 28.7. The van der Waals surface area contributed by atoms with E-state index in [1.54, 1.807) is 6.20 Å². The van der Waals surface area contributed by atoms with Crippen molar-refractivity contribution in [3.63, 3.8) is 0 Å². The minimum absolute atomic E-state index is 0.106. The summed E-state index contributed by atoms with van der Waals surface area (Å²) in [7, 11) is 4.15. The molecule has 0 saturated carbocycles. The van der Waals surface area contributed by atoms with Crippen LogP contribution in [0.3, 0.4) is 0 Å². The van der Waals surface area contributed by atoms with Crippen LogP contribution in [0.2, 0.25) is 0 Å². The SMILES string of the molecule is CN(C)C[C@H]1[C@H]2C[C@H](CN(C(=O)c3ccc4ncccc4c3)C2)[C@@H]2CCCC(=O)N21. The first kappa shape index (κ1) is 19.5. The van der Waals surface area contributed by atoms with Gasteiger partial charge in [0.15, 0.2) is 0 Å². The first-order chi connectivity index (χ1) is 14.5. The molecule has 6 nitrogen and oxygen atoms in total. The van der Waals surface area contributed by atoms with Crippen LogP contribution in [0.15, 0.2) is 36.5 Å². The van der Waals surface area contributed by atoms with E-state index in [1.165, 1.54) is 0 Å². The fraction of sp³-hybridized carbons (Fsp3) is 0.542. The summed E-state index contributed by atoms with van der Waals surface area (Å²) >= 11 is 0.